The van der Waals surface area contributed by atoms with Crippen LogP contribution in [0.2, 0.25) is 0 Å². The van der Waals surface area contributed by atoms with E-state index in [0.29, 0.717) is 19.3 Å². The Morgan fingerprint density at radius 2 is 2.12 bits per heavy atom. The first-order chi connectivity index (χ1) is 12.4. The minimum absolute atomic E-state index is 0.395. The van der Waals surface area contributed by atoms with Crippen molar-refractivity contribution in [1.82, 2.24) is 10.3 Å². The minimum Gasteiger partial charge on any atom is -0.490 e. The van der Waals surface area contributed by atoms with Crippen molar-refractivity contribution < 1.29 is 9.47 Å². The highest BCUT2D eigenvalue weighted by atomic mass is 32.1. The summed E-state index contributed by atoms with van der Waals surface area (Å²) in [7, 11) is 1.69. The molecule has 0 amide bonds. The van der Waals surface area contributed by atoms with E-state index >= 15 is 0 Å². The monoisotopic (exact) mass is 354 g/mol. The Bertz CT molecular complexity index is 856. The van der Waals surface area contributed by atoms with Crippen molar-refractivity contribution in [2.24, 2.45) is 0 Å². The maximum Gasteiger partial charge on any atom is 0.129 e. The van der Waals surface area contributed by atoms with E-state index in [1.54, 1.807) is 18.4 Å². The Labute approximate surface area is 151 Å². The first kappa shape index (κ1) is 16.5. The zero-order chi connectivity index (χ0) is 17.1. The number of nitrogens with zero attached hydrogens (tertiary/aromatic N) is 1. The number of hydrogen-bond donors (Lipinski definition) is 1. The van der Waals surface area contributed by atoms with Crippen molar-refractivity contribution in [3.8, 4) is 17.0 Å². The summed E-state index contributed by atoms with van der Waals surface area (Å²) in [6, 6.07) is 12.9. The highest BCUT2D eigenvalue weighted by molar-refractivity contribution is 7.10. The molecule has 4 rings (SSSR count). The van der Waals surface area contributed by atoms with Crippen LogP contribution in [0, 0.1) is 0 Å². The number of rotatable bonds is 6. The van der Waals surface area contributed by atoms with Gasteiger partial charge >= 0.3 is 0 Å². The number of benzene rings is 2. The maximum atomic E-state index is 6.00. The molecule has 25 heavy (non-hydrogen) atoms. The second-order valence-corrected chi connectivity index (χ2v) is 7.11. The second kappa shape index (κ2) is 7.52. The first-order valence-corrected chi connectivity index (χ1v) is 9.57. The van der Waals surface area contributed by atoms with E-state index < -0.39 is 0 Å². The lowest BCUT2D eigenvalue weighted by Crippen LogP contribution is -2.12. The Hall–Kier alpha value is -1.95. The van der Waals surface area contributed by atoms with Gasteiger partial charge in [-0.05, 0) is 36.2 Å². The summed E-state index contributed by atoms with van der Waals surface area (Å²) in [5, 5.41) is 9.23. The number of thiazole rings is 1. The van der Waals surface area contributed by atoms with Gasteiger partial charge in [-0.2, -0.15) is 0 Å². The molecule has 1 N–H and O–H groups in total. The predicted molar refractivity (Wildman–Crippen MR) is 102 cm³/mol. The third-order valence-electron chi connectivity index (χ3n) is 4.57. The van der Waals surface area contributed by atoms with Gasteiger partial charge in [0.25, 0.3) is 0 Å². The molecule has 0 unspecified atom stereocenters. The fourth-order valence-corrected chi connectivity index (χ4v) is 4.25. The molecule has 1 aromatic heterocycles. The lowest BCUT2D eigenvalue weighted by atomic mass is 10.0. The molecule has 0 spiro atoms. The van der Waals surface area contributed by atoms with Crippen molar-refractivity contribution in [1.29, 1.82) is 0 Å². The van der Waals surface area contributed by atoms with E-state index in [-0.39, 0.29) is 0 Å². The quantitative estimate of drug-likeness (QED) is 0.666. The first-order valence-electron chi connectivity index (χ1n) is 8.69. The normalized spacial score (nSPS) is 17.2. The van der Waals surface area contributed by atoms with Gasteiger partial charge in [0.15, 0.2) is 0 Å². The smallest absolute Gasteiger partial charge is 0.129 e. The molecule has 0 bridgehead atoms. The fourth-order valence-electron chi connectivity index (χ4n) is 3.33. The summed E-state index contributed by atoms with van der Waals surface area (Å²) in [6.45, 7) is 2.18. The largest absolute Gasteiger partial charge is 0.490 e. The highest BCUT2D eigenvalue weighted by Gasteiger charge is 2.21. The summed E-state index contributed by atoms with van der Waals surface area (Å²) >= 11 is 1.73. The van der Waals surface area contributed by atoms with E-state index in [1.165, 1.54) is 28.6 Å². The molecule has 1 aliphatic heterocycles. The van der Waals surface area contributed by atoms with Gasteiger partial charge in [0.05, 0.1) is 23.9 Å². The molecule has 4 nitrogen and oxygen atoms in total. The van der Waals surface area contributed by atoms with Crippen LogP contribution >= 0.6 is 11.3 Å². The van der Waals surface area contributed by atoms with Crippen molar-refractivity contribution in [3.63, 3.8) is 0 Å². The number of hydrogen-bond acceptors (Lipinski definition) is 5. The van der Waals surface area contributed by atoms with Gasteiger partial charge in [0.2, 0.25) is 0 Å². The van der Waals surface area contributed by atoms with Crippen LogP contribution in [0.15, 0.2) is 41.8 Å². The van der Waals surface area contributed by atoms with Crippen molar-refractivity contribution >= 4 is 22.1 Å². The molecule has 130 valence electrons. The van der Waals surface area contributed by atoms with E-state index in [0.717, 1.165) is 23.6 Å². The lowest BCUT2D eigenvalue weighted by Gasteiger charge is -2.13. The van der Waals surface area contributed by atoms with Crippen molar-refractivity contribution in [3.05, 3.63) is 46.8 Å². The van der Waals surface area contributed by atoms with Gasteiger partial charge in [-0.15, -0.1) is 11.3 Å². The molecule has 5 heteroatoms. The van der Waals surface area contributed by atoms with E-state index in [4.69, 9.17) is 14.5 Å². The average molecular weight is 354 g/mol. The average Bonchev–Trinajstić information content (AvgIpc) is 3.33. The molecule has 1 fully saturated rings. The van der Waals surface area contributed by atoms with Gasteiger partial charge in [-0.3, -0.25) is 0 Å². The van der Waals surface area contributed by atoms with Crippen LogP contribution in [0.1, 0.15) is 23.9 Å². The van der Waals surface area contributed by atoms with Crippen LogP contribution in [0.4, 0.5) is 0 Å². The molecule has 0 saturated carbocycles. The van der Waals surface area contributed by atoms with E-state index in [1.807, 2.05) is 6.07 Å². The number of nitrogens with one attached hydrogen (secondary N) is 1. The summed E-state index contributed by atoms with van der Waals surface area (Å²) < 4.78 is 11.1. The molecule has 3 aromatic rings. The van der Waals surface area contributed by atoms with Crippen molar-refractivity contribution in [2.45, 2.75) is 18.9 Å². The Kier molecular flexibility index (Phi) is 4.97. The number of aromatic nitrogens is 1. The third-order valence-corrected chi connectivity index (χ3v) is 5.53. The van der Waals surface area contributed by atoms with Crippen LogP contribution < -0.4 is 10.1 Å². The van der Waals surface area contributed by atoms with Gasteiger partial charge in [-0.1, -0.05) is 30.3 Å². The van der Waals surface area contributed by atoms with Crippen LogP contribution in [0.5, 0.6) is 5.75 Å². The number of fused-ring (bicyclic) bond motifs is 1. The summed E-state index contributed by atoms with van der Waals surface area (Å²) in [5.41, 5.74) is 2.08. The van der Waals surface area contributed by atoms with Gasteiger partial charge < -0.3 is 14.8 Å². The molecule has 0 aliphatic carbocycles. The summed E-state index contributed by atoms with van der Waals surface area (Å²) in [4.78, 5) is 4.95. The van der Waals surface area contributed by atoms with Gasteiger partial charge in [0, 0.05) is 12.5 Å². The molecular weight excluding hydrogens is 332 g/mol. The SMILES string of the molecule is COCCOc1ccc2ccccc2c1-c1csc([C@@H]2CCCN2)n1. The molecule has 2 heterocycles. The molecule has 1 atom stereocenters. The number of ether oxygens (including phenoxy) is 2. The van der Waals surface area contributed by atoms with E-state index in [9.17, 15) is 0 Å². The van der Waals surface area contributed by atoms with Crippen LogP contribution in [-0.4, -0.2) is 31.9 Å². The van der Waals surface area contributed by atoms with Crippen LogP contribution in [0.3, 0.4) is 0 Å². The Morgan fingerprint density at radius 1 is 1.20 bits per heavy atom. The standard InChI is InChI=1S/C20H22N2O2S/c1-23-11-12-24-18-9-8-14-5-2-3-6-15(14)19(18)17-13-25-20(22-17)16-7-4-10-21-16/h2-3,5-6,8-9,13,16,21H,4,7,10-12H2,1H3/t16-/m0/s1. The maximum absolute atomic E-state index is 6.00. The van der Waals surface area contributed by atoms with Gasteiger partial charge in [-0.25, -0.2) is 4.98 Å². The van der Waals surface area contributed by atoms with Crippen molar-refractivity contribution in [2.75, 3.05) is 26.9 Å². The third kappa shape index (κ3) is 3.40. The Balaban J connectivity index is 1.76. The minimum atomic E-state index is 0.395. The lowest BCUT2D eigenvalue weighted by molar-refractivity contribution is 0.146. The summed E-state index contributed by atoms with van der Waals surface area (Å²) in [6.07, 6.45) is 2.39. The predicted octanol–water partition coefficient (Wildman–Crippen LogP) is 4.41. The second-order valence-electron chi connectivity index (χ2n) is 6.22. The zero-order valence-corrected chi connectivity index (χ0v) is 15.1. The fraction of sp³-hybridized carbons (Fsp3) is 0.350. The zero-order valence-electron chi connectivity index (χ0n) is 14.3. The van der Waals surface area contributed by atoms with Gasteiger partial charge in [0.1, 0.15) is 17.4 Å². The molecular formula is C20H22N2O2S. The Morgan fingerprint density at radius 3 is 2.96 bits per heavy atom. The molecule has 0 radical (unpaired) electrons. The highest BCUT2D eigenvalue weighted by Crippen LogP contribution is 2.39. The molecule has 2 aromatic carbocycles. The molecule has 1 aliphatic rings. The number of methoxy groups -OCH3 is 1. The van der Waals surface area contributed by atoms with Crippen LogP contribution in [-0.2, 0) is 4.74 Å². The van der Waals surface area contributed by atoms with E-state index in [2.05, 4.69) is 41.0 Å². The van der Waals surface area contributed by atoms with Crippen LogP contribution in [0.25, 0.3) is 22.0 Å². The topological polar surface area (TPSA) is 43.4 Å². The summed E-state index contributed by atoms with van der Waals surface area (Å²) in [5.74, 6) is 0.868. The molecule has 1 saturated heterocycles.